The van der Waals surface area contributed by atoms with Gasteiger partial charge in [-0.2, -0.15) is 0 Å². The molecule has 142 valence electrons. The summed E-state index contributed by atoms with van der Waals surface area (Å²) in [6.45, 7) is 5.35. The molecule has 0 radical (unpaired) electrons. The first kappa shape index (κ1) is 18.5. The van der Waals surface area contributed by atoms with Crippen LogP contribution >= 0.6 is 0 Å². The van der Waals surface area contributed by atoms with E-state index >= 15 is 0 Å². The maximum Gasteiger partial charge on any atom is 0.413 e. The number of rotatable bonds is 4. The van der Waals surface area contributed by atoms with Gasteiger partial charge in [0.2, 0.25) is 0 Å². The molecule has 1 saturated carbocycles. The van der Waals surface area contributed by atoms with Crippen LogP contribution in [0.25, 0.3) is 0 Å². The number of hydrogen-bond acceptors (Lipinski definition) is 5. The van der Waals surface area contributed by atoms with Crippen LogP contribution in [0, 0.1) is 5.92 Å². The molecule has 26 heavy (non-hydrogen) atoms. The minimum absolute atomic E-state index is 0.117. The second-order valence-corrected chi connectivity index (χ2v) is 7.74. The number of nitrogens with zero attached hydrogens (tertiary/aromatic N) is 1. The molecule has 3 rings (SSSR count). The number of benzene rings is 1. The monoisotopic (exact) mass is 363 g/mol. The zero-order chi connectivity index (χ0) is 19.1. The van der Waals surface area contributed by atoms with E-state index in [-0.39, 0.29) is 5.92 Å². The molecule has 2 aliphatic rings. The summed E-state index contributed by atoms with van der Waals surface area (Å²) < 4.78 is 16.5. The van der Waals surface area contributed by atoms with Gasteiger partial charge < -0.3 is 19.3 Å². The third-order valence-electron chi connectivity index (χ3n) is 4.51. The average molecular weight is 363 g/mol. The molecule has 1 aliphatic heterocycles. The molecular weight excluding hydrogens is 338 g/mol. The van der Waals surface area contributed by atoms with Crippen LogP contribution in [0.15, 0.2) is 24.3 Å². The van der Waals surface area contributed by atoms with E-state index in [1.165, 1.54) is 4.90 Å². The molecule has 1 aromatic carbocycles. The van der Waals surface area contributed by atoms with Crippen LogP contribution in [0.4, 0.5) is 4.79 Å². The summed E-state index contributed by atoms with van der Waals surface area (Å²) in [6, 6.07) is 6.53. The third-order valence-corrected chi connectivity index (χ3v) is 4.51. The van der Waals surface area contributed by atoms with Crippen molar-refractivity contribution in [3.8, 4) is 5.75 Å². The highest BCUT2D eigenvalue weighted by Crippen LogP contribution is 2.46. The molecule has 3 atom stereocenters. The predicted octanol–water partition coefficient (Wildman–Crippen LogP) is 3.19. The minimum atomic E-state index is -1.07. The SMILES string of the molecule is COc1ccc(C2OC(C(=O)O)C(C3CC3)N2C(=O)OC(C)(C)C)cc1. The lowest BCUT2D eigenvalue weighted by molar-refractivity contribution is -0.150. The van der Waals surface area contributed by atoms with Gasteiger partial charge in [0, 0.05) is 5.56 Å². The van der Waals surface area contributed by atoms with E-state index in [1.807, 2.05) is 0 Å². The maximum absolute atomic E-state index is 12.9. The molecule has 1 N–H and O–H groups in total. The van der Waals surface area contributed by atoms with E-state index in [2.05, 4.69) is 0 Å². The fourth-order valence-corrected chi connectivity index (χ4v) is 3.24. The van der Waals surface area contributed by atoms with E-state index in [0.717, 1.165) is 12.8 Å². The van der Waals surface area contributed by atoms with Gasteiger partial charge in [-0.1, -0.05) is 12.1 Å². The Morgan fingerprint density at radius 2 is 1.81 bits per heavy atom. The summed E-state index contributed by atoms with van der Waals surface area (Å²) >= 11 is 0. The largest absolute Gasteiger partial charge is 0.497 e. The van der Waals surface area contributed by atoms with Gasteiger partial charge >= 0.3 is 12.1 Å². The van der Waals surface area contributed by atoms with Crippen molar-refractivity contribution in [2.75, 3.05) is 7.11 Å². The molecular formula is C19H25NO6. The van der Waals surface area contributed by atoms with E-state index in [1.54, 1.807) is 52.1 Å². The first-order valence-corrected chi connectivity index (χ1v) is 8.75. The first-order valence-electron chi connectivity index (χ1n) is 8.75. The number of carboxylic acid groups (broad SMARTS) is 1. The molecule has 0 aromatic heterocycles. The Hall–Kier alpha value is -2.28. The summed E-state index contributed by atoms with van der Waals surface area (Å²) in [5.41, 5.74) is 0.00259. The van der Waals surface area contributed by atoms with Crippen molar-refractivity contribution in [1.82, 2.24) is 4.90 Å². The van der Waals surface area contributed by atoms with Gasteiger partial charge in [0.25, 0.3) is 0 Å². The van der Waals surface area contributed by atoms with Crippen molar-refractivity contribution >= 4 is 12.1 Å². The lowest BCUT2D eigenvalue weighted by atomic mass is 10.1. The highest BCUT2D eigenvalue weighted by Gasteiger charge is 2.55. The van der Waals surface area contributed by atoms with Crippen LogP contribution in [0.1, 0.15) is 45.4 Å². The smallest absolute Gasteiger partial charge is 0.413 e. The number of aliphatic carboxylic acids is 1. The van der Waals surface area contributed by atoms with Crippen LogP contribution < -0.4 is 4.74 Å². The van der Waals surface area contributed by atoms with Gasteiger partial charge in [-0.25, -0.2) is 9.59 Å². The number of amides is 1. The van der Waals surface area contributed by atoms with E-state index in [9.17, 15) is 14.7 Å². The van der Waals surface area contributed by atoms with Crippen molar-refractivity contribution in [3.63, 3.8) is 0 Å². The highest BCUT2D eigenvalue weighted by atomic mass is 16.6. The molecule has 1 aromatic rings. The van der Waals surface area contributed by atoms with Crippen LogP contribution in [-0.2, 0) is 14.3 Å². The number of methoxy groups -OCH3 is 1. The van der Waals surface area contributed by atoms with Crippen LogP contribution in [-0.4, -0.2) is 46.9 Å². The van der Waals surface area contributed by atoms with Crippen molar-refractivity contribution in [2.45, 2.75) is 57.6 Å². The quantitative estimate of drug-likeness (QED) is 0.884. The summed E-state index contributed by atoms with van der Waals surface area (Å²) in [7, 11) is 1.57. The second kappa shape index (κ2) is 6.79. The van der Waals surface area contributed by atoms with Gasteiger partial charge in [-0.15, -0.1) is 0 Å². The van der Waals surface area contributed by atoms with Crippen LogP contribution in [0.3, 0.4) is 0 Å². The Labute approximate surface area is 152 Å². The molecule has 1 heterocycles. The molecule has 7 nitrogen and oxygen atoms in total. The maximum atomic E-state index is 12.9. The Morgan fingerprint density at radius 1 is 1.19 bits per heavy atom. The van der Waals surface area contributed by atoms with Gasteiger partial charge in [0.05, 0.1) is 13.2 Å². The number of carbonyl (C=O) groups is 2. The lowest BCUT2D eigenvalue weighted by Gasteiger charge is -2.31. The second-order valence-electron chi connectivity index (χ2n) is 7.74. The van der Waals surface area contributed by atoms with Gasteiger partial charge in [-0.3, -0.25) is 4.90 Å². The zero-order valence-electron chi connectivity index (χ0n) is 15.5. The van der Waals surface area contributed by atoms with E-state index in [4.69, 9.17) is 14.2 Å². The molecule has 2 fully saturated rings. The summed E-state index contributed by atoms with van der Waals surface area (Å²) in [5, 5.41) is 9.62. The van der Waals surface area contributed by atoms with E-state index in [0.29, 0.717) is 11.3 Å². The van der Waals surface area contributed by atoms with Crippen LogP contribution in [0.2, 0.25) is 0 Å². The highest BCUT2D eigenvalue weighted by molar-refractivity contribution is 5.77. The molecule has 3 unspecified atom stereocenters. The molecule has 1 amide bonds. The predicted molar refractivity (Wildman–Crippen MR) is 92.8 cm³/mol. The van der Waals surface area contributed by atoms with Crippen molar-refractivity contribution in [3.05, 3.63) is 29.8 Å². The summed E-state index contributed by atoms with van der Waals surface area (Å²) in [6.07, 6.45) is -0.665. The van der Waals surface area contributed by atoms with Crippen molar-refractivity contribution < 1.29 is 28.9 Å². The first-order chi connectivity index (χ1) is 12.2. The topological polar surface area (TPSA) is 85.3 Å². The normalized spacial score (nSPS) is 25.8. The molecule has 7 heteroatoms. The standard InChI is InChI=1S/C19H25NO6/c1-19(2,3)26-18(23)20-14(11-5-6-11)15(17(21)22)25-16(20)12-7-9-13(24-4)10-8-12/h7-11,14-16H,5-6H2,1-4H3,(H,21,22). The van der Waals surface area contributed by atoms with Gasteiger partial charge in [-0.05, 0) is 51.7 Å². The van der Waals surface area contributed by atoms with E-state index < -0.39 is 36.0 Å². The van der Waals surface area contributed by atoms with Crippen LogP contribution in [0.5, 0.6) is 5.75 Å². The van der Waals surface area contributed by atoms with Crippen molar-refractivity contribution in [2.24, 2.45) is 5.92 Å². The van der Waals surface area contributed by atoms with Crippen molar-refractivity contribution in [1.29, 1.82) is 0 Å². The summed E-state index contributed by atoms with van der Waals surface area (Å²) in [5.74, 6) is -0.276. The molecule has 1 aliphatic carbocycles. The minimum Gasteiger partial charge on any atom is -0.497 e. The molecule has 1 saturated heterocycles. The number of hydrogen-bond donors (Lipinski definition) is 1. The lowest BCUT2D eigenvalue weighted by Crippen LogP contribution is -2.46. The van der Waals surface area contributed by atoms with Gasteiger partial charge in [0.15, 0.2) is 12.3 Å². The zero-order valence-corrected chi connectivity index (χ0v) is 15.5. The number of carboxylic acids is 1. The number of carbonyl (C=O) groups excluding carboxylic acids is 1. The number of ether oxygens (including phenoxy) is 3. The van der Waals surface area contributed by atoms with Gasteiger partial charge in [0.1, 0.15) is 11.4 Å². The fourth-order valence-electron chi connectivity index (χ4n) is 3.24. The Balaban J connectivity index is 1.95. The summed E-state index contributed by atoms with van der Waals surface area (Å²) in [4.78, 5) is 26.1. The fraction of sp³-hybridized carbons (Fsp3) is 0.579. The Kier molecular flexibility index (Phi) is 4.84. The molecule has 0 spiro atoms. The third kappa shape index (κ3) is 3.77. The average Bonchev–Trinajstić information content (AvgIpc) is 3.32. The Morgan fingerprint density at radius 3 is 2.27 bits per heavy atom. The molecule has 0 bridgehead atoms. The Bertz CT molecular complexity index is 676.